The number of aliphatic hydroxyl groups excluding tert-OH is 1. The summed E-state index contributed by atoms with van der Waals surface area (Å²) in [6, 6.07) is 0. The number of hydrazone groups is 1. The van der Waals surface area contributed by atoms with Crippen LogP contribution in [0.15, 0.2) is 5.10 Å². The molecule has 116 valence electrons. The summed E-state index contributed by atoms with van der Waals surface area (Å²) in [5.74, 6) is 2.36. The minimum absolute atomic E-state index is 0.0995. The molecule has 0 unspecified atom stereocenters. The fourth-order valence-electron chi connectivity index (χ4n) is 6.15. The molecule has 4 heteroatoms. The zero-order valence-corrected chi connectivity index (χ0v) is 13.0. The van der Waals surface area contributed by atoms with Crippen LogP contribution in [0.4, 0.5) is 0 Å². The molecule has 0 saturated heterocycles. The Morgan fingerprint density at radius 2 is 2.00 bits per heavy atom. The van der Waals surface area contributed by atoms with E-state index in [-0.39, 0.29) is 23.3 Å². The normalized spacial score (nSPS) is 52.3. The Bertz CT molecular complexity index is 503. The second-order valence-corrected chi connectivity index (χ2v) is 8.01. The van der Waals surface area contributed by atoms with Gasteiger partial charge in [-0.2, -0.15) is 5.10 Å². The second-order valence-electron chi connectivity index (χ2n) is 8.01. The molecule has 2 N–H and O–H groups in total. The number of carbonyl (C=O) groups is 1. The fourth-order valence-corrected chi connectivity index (χ4v) is 6.15. The first-order chi connectivity index (χ1) is 10.0. The van der Waals surface area contributed by atoms with E-state index in [2.05, 4.69) is 24.4 Å². The van der Waals surface area contributed by atoms with Gasteiger partial charge in [-0.05, 0) is 68.6 Å². The lowest BCUT2D eigenvalue weighted by atomic mass is 9.51. The van der Waals surface area contributed by atoms with Gasteiger partial charge in [-0.15, -0.1) is 0 Å². The van der Waals surface area contributed by atoms with Gasteiger partial charge in [0.25, 0.3) is 0 Å². The highest BCUT2D eigenvalue weighted by atomic mass is 16.3. The standard InChI is InChI=1S/C17H26N2O2/c1-9-10-3-4-11-12(15(10)16(21)19-18-9)7-8-17(2)13(11)5-6-14(17)20/h10-15,20H,3-8H2,1-2H3,(H,19,21)/t10-,11+,12-,13+,14-,15+,17+/m0/s1. The average Bonchev–Trinajstić information content (AvgIpc) is 2.78. The lowest BCUT2D eigenvalue weighted by molar-refractivity contribution is -0.136. The summed E-state index contributed by atoms with van der Waals surface area (Å²) in [6.45, 7) is 4.34. The van der Waals surface area contributed by atoms with Crippen molar-refractivity contribution in [3.8, 4) is 0 Å². The number of hydrogen-bond donors (Lipinski definition) is 2. The Morgan fingerprint density at radius 1 is 1.19 bits per heavy atom. The third-order valence-corrected chi connectivity index (χ3v) is 7.33. The molecule has 4 rings (SSSR count). The molecule has 4 aliphatic rings. The number of carbonyl (C=O) groups excluding carboxylic acids is 1. The minimum atomic E-state index is -0.135. The Kier molecular flexibility index (Phi) is 2.97. The van der Waals surface area contributed by atoms with E-state index >= 15 is 0 Å². The molecule has 4 nitrogen and oxygen atoms in total. The van der Waals surface area contributed by atoms with E-state index in [1.165, 1.54) is 6.42 Å². The highest BCUT2D eigenvalue weighted by Crippen LogP contribution is 2.61. The number of amides is 1. The van der Waals surface area contributed by atoms with Crippen LogP contribution in [-0.2, 0) is 4.79 Å². The van der Waals surface area contributed by atoms with Crippen molar-refractivity contribution in [3.63, 3.8) is 0 Å². The van der Waals surface area contributed by atoms with Crippen molar-refractivity contribution in [1.82, 2.24) is 5.43 Å². The molecule has 0 radical (unpaired) electrons. The summed E-state index contributed by atoms with van der Waals surface area (Å²) >= 11 is 0. The Labute approximate surface area is 126 Å². The predicted molar refractivity (Wildman–Crippen MR) is 80.5 cm³/mol. The van der Waals surface area contributed by atoms with E-state index in [0.29, 0.717) is 23.7 Å². The molecule has 0 aromatic heterocycles. The van der Waals surface area contributed by atoms with Gasteiger partial charge >= 0.3 is 0 Å². The summed E-state index contributed by atoms with van der Waals surface area (Å²) < 4.78 is 0. The summed E-state index contributed by atoms with van der Waals surface area (Å²) in [5, 5.41) is 14.6. The zero-order chi connectivity index (χ0) is 14.8. The molecule has 3 aliphatic carbocycles. The summed E-state index contributed by atoms with van der Waals surface area (Å²) in [7, 11) is 0. The SMILES string of the molecule is CC1=NNC(=O)[C@H]2[C@H]3CC[C@]4(C)[C@H](CC[C@@H]4O)[C@@H]3CC[C@@H]12. The predicted octanol–water partition coefficient (Wildman–Crippen LogP) is 2.32. The van der Waals surface area contributed by atoms with Crippen molar-refractivity contribution in [2.24, 2.45) is 40.1 Å². The number of rotatable bonds is 0. The van der Waals surface area contributed by atoms with Gasteiger partial charge in [0.2, 0.25) is 5.91 Å². The molecule has 3 fully saturated rings. The van der Waals surface area contributed by atoms with Crippen LogP contribution in [0.25, 0.3) is 0 Å². The van der Waals surface area contributed by atoms with Crippen LogP contribution >= 0.6 is 0 Å². The van der Waals surface area contributed by atoms with Crippen LogP contribution in [0, 0.1) is 35.0 Å². The van der Waals surface area contributed by atoms with Gasteiger partial charge in [0.05, 0.1) is 12.0 Å². The van der Waals surface area contributed by atoms with Gasteiger partial charge in [0, 0.05) is 11.6 Å². The van der Waals surface area contributed by atoms with E-state index in [9.17, 15) is 9.90 Å². The van der Waals surface area contributed by atoms with Crippen LogP contribution in [0.1, 0.15) is 52.4 Å². The number of fused-ring (bicyclic) bond motifs is 5. The quantitative estimate of drug-likeness (QED) is 0.719. The Balaban J connectivity index is 1.66. The highest BCUT2D eigenvalue weighted by Gasteiger charge is 2.58. The van der Waals surface area contributed by atoms with E-state index in [1.807, 2.05) is 0 Å². The van der Waals surface area contributed by atoms with Gasteiger partial charge in [-0.1, -0.05) is 6.92 Å². The molecule has 0 spiro atoms. The van der Waals surface area contributed by atoms with E-state index < -0.39 is 0 Å². The number of hydrogen-bond acceptors (Lipinski definition) is 3. The number of nitrogens with zero attached hydrogens (tertiary/aromatic N) is 1. The molecule has 1 aliphatic heterocycles. The van der Waals surface area contributed by atoms with Gasteiger partial charge in [0.1, 0.15) is 0 Å². The third kappa shape index (κ3) is 1.77. The lowest BCUT2D eigenvalue weighted by Crippen LogP contribution is -2.54. The number of aliphatic hydroxyl groups is 1. The maximum Gasteiger partial charge on any atom is 0.244 e. The van der Waals surface area contributed by atoms with E-state index in [0.717, 1.165) is 37.8 Å². The maximum atomic E-state index is 12.4. The average molecular weight is 290 g/mol. The molecule has 0 bridgehead atoms. The van der Waals surface area contributed by atoms with Gasteiger partial charge in [0.15, 0.2) is 0 Å². The molecule has 21 heavy (non-hydrogen) atoms. The van der Waals surface area contributed by atoms with Gasteiger partial charge in [-0.3, -0.25) is 4.79 Å². The number of nitrogens with one attached hydrogen (secondary N) is 1. The first kappa shape index (κ1) is 13.7. The Hall–Kier alpha value is -0.900. The maximum absolute atomic E-state index is 12.4. The molecular formula is C17H26N2O2. The molecule has 0 aromatic rings. The monoisotopic (exact) mass is 290 g/mol. The van der Waals surface area contributed by atoms with Crippen LogP contribution in [0.5, 0.6) is 0 Å². The first-order valence-electron chi connectivity index (χ1n) is 8.54. The van der Waals surface area contributed by atoms with E-state index in [4.69, 9.17) is 0 Å². The minimum Gasteiger partial charge on any atom is -0.393 e. The molecule has 1 amide bonds. The van der Waals surface area contributed by atoms with Crippen molar-refractivity contribution in [2.75, 3.05) is 0 Å². The molecule has 7 atom stereocenters. The zero-order valence-electron chi connectivity index (χ0n) is 13.0. The topological polar surface area (TPSA) is 61.7 Å². The molecule has 3 saturated carbocycles. The van der Waals surface area contributed by atoms with Crippen molar-refractivity contribution >= 4 is 11.6 Å². The fraction of sp³-hybridized carbons (Fsp3) is 0.882. The summed E-state index contributed by atoms with van der Waals surface area (Å²) in [5.41, 5.74) is 3.95. The van der Waals surface area contributed by atoms with Crippen LogP contribution < -0.4 is 5.43 Å². The lowest BCUT2D eigenvalue weighted by Gasteiger charge is -2.54. The van der Waals surface area contributed by atoms with Crippen LogP contribution in [0.2, 0.25) is 0 Å². The summed E-state index contributed by atoms with van der Waals surface area (Å²) in [6.07, 6.45) is 6.43. The second kappa shape index (κ2) is 4.55. The van der Waals surface area contributed by atoms with Crippen molar-refractivity contribution < 1.29 is 9.90 Å². The molecule has 1 heterocycles. The van der Waals surface area contributed by atoms with Gasteiger partial charge < -0.3 is 5.11 Å². The van der Waals surface area contributed by atoms with Crippen molar-refractivity contribution in [2.45, 2.75) is 58.5 Å². The van der Waals surface area contributed by atoms with Crippen molar-refractivity contribution in [1.29, 1.82) is 0 Å². The highest BCUT2D eigenvalue weighted by molar-refractivity contribution is 5.94. The summed E-state index contributed by atoms with van der Waals surface area (Å²) in [4.78, 5) is 12.4. The Morgan fingerprint density at radius 3 is 2.81 bits per heavy atom. The smallest absolute Gasteiger partial charge is 0.244 e. The van der Waals surface area contributed by atoms with Crippen molar-refractivity contribution in [3.05, 3.63) is 0 Å². The first-order valence-corrected chi connectivity index (χ1v) is 8.54. The molecular weight excluding hydrogens is 264 g/mol. The van der Waals surface area contributed by atoms with Crippen LogP contribution in [0.3, 0.4) is 0 Å². The third-order valence-electron chi connectivity index (χ3n) is 7.33. The largest absolute Gasteiger partial charge is 0.393 e. The van der Waals surface area contributed by atoms with Gasteiger partial charge in [-0.25, -0.2) is 5.43 Å². The molecule has 0 aromatic carbocycles. The van der Waals surface area contributed by atoms with Crippen LogP contribution in [-0.4, -0.2) is 22.8 Å². The van der Waals surface area contributed by atoms with E-state index in [1.54, 1.807) is 0 Å².